The van der Waals surface area contributed by atoms with E-state index in [9.17, 15) is 0 Å². The van der Waals surface area contributed by atoms with E-state index in [2.05, 4.69) is 66.0 Å². The molecule has 0 bridgehead atoms. The van der Waals surface area contributed by atoms with Gasteiger partial charge in [0.05, 0.1) is 0 Å². The zero-order valence-electron chi connectivity index (χ0n) is 9.31. The second-order valence-electron chi connectivity index (χ2n) is 3.99. The van der Waals surface area contributed by atoms with Crippen LogP contribution in [0.4, 0.5) is 0 Å². The number of pyridine rings is 1. The quantitative estimate of drug-likeness (QED) is 0.474. The van der Waals surface area contributed by atoms with Crippen LogP contribution >= 0.6 is 0 Å². The average molecular weight is 277 g/mol. The van der Waals surface area contributed by atoms with Gasteiger partial charge in [0.15, 0.2) is 12.4 Å². The van der Waals surface area contributed by atoms with Gasteiger partial charge in [-0.05, 0) is 6.07 Å². The fraction of sp³-hybridized carbons (Fsp3) is 0.154. The molecule has 3 aromatic rings. The van der Waals surface area contributed by atoms with Crippen LogP contribution in [0.25, 0.3) is 21.8 Å². The summed E-state index contributed by atoms with van der Waals surface area (Å²) in [5, 5.41) is 2.65. The first-order valence-electron chi connectivity index (χ1n) is 5.10. The first kappa shape index (κ1) is 11.1. The van der Waals surface area contributed by atoms with Gasteiger partial charge >= 0.3 is 0 Å². The van der Waals surface area contributed by atoms with Gasteiger partial charge in [-0.3, -0.25) is 0 Å². The van der Waals surface area contributed by atoms with Gasteiger partial charge in [0.2, 0.25) is 0 Å². The zero-order chi connectivity index (χ0) is 10.4. The van der Waals surface area contributed by atoms with Crippen LogP contribution in [-0.4, -0.2) is 4.57 Å². The molecule has 3 rings (SSSR count). The van der Waals surface area contributed by atoms with Crippen LogP contribution in [0.5, 0.6) is 0 Å². The Bertz CT molecular complexity index is 655. The molecule has 2 nitrogen and oxygen atoms in total. The molecule has 0 saturated carbocycles. The first-order chi connectivity index (χ1) is 7.27. The maximum absolute atomic E-state index is 2.24. The number of hydrogen-bond donors (Lipinski definition) is 0. The summed E-state index contributed by atoms with van der Waals surface area (Å²) in [6.07, 6.45) is 4.25. The summed E-state index contributed by atoms with van der Waals surface area (Å²) in [4.78, 5) is 0. The second-order valence-corrected chi connectivity index (χ2v) is 3.99. The van der Waals surface area contributed by atoms with Crippen molar-refractivity contribution in [2.45, 2.75) is 0 Å². The summed E-state index contributed by atoms with van der Waals surface area (Å²) < 4.78 is 4.33. The molecule has 16 heavy (non-hydrogen) atoms. The number of aryl methyl sites for hydroxylation is 2. The van der Waals surface area contributed by atoms with Crippen molar-refractivity contribution in [1.82, 2.24) is 4.57 Å². The predicted octanol–water partition coefficient (Wildman–Crippen LogP) is -0.840. The van der Waals surface area contributed by atoms with Gasteiger partial charge in [0.25, 0.3) is 0 Å². The number of nitrogens with zero attached hydrogens (tertiary/aromatic N) is 2. The molecule has 82 valence electrons. The topological polar surface area (TPSA) is 8.81 Å². The highest BCUT2D eigenvalue weighted by Gasteiger charge is 2.09. The minimum atomic E-state index is 0. The molecule has 0 unspecified atom stereocenters. The summed E-state index contributed by atoms with van der Waals surface area (Å²) >= 11 is 0. The van der Waals surface area contributed by atoms with Gasteiger partial charge in [-0.15, -0.1) is 0 Å². The molecular formula is C13H13BrN2. The van der Waals surface area contributed by atoms with E-state index in [1.165, 1.54) is 21.8 Å². The maximum Gasteiger partial charge on any atom is 0.193 e. The lowest BCUT2D eigenvalue weighted by molar-refractivity contribution is -0.670. The van der Waals surface area contributed by atoms with E-state index in [1.54, 1.807) is 0 Å². The van der Waals surface area contributed by atoms with Crippen LogP contribution in [0.1, 0.15) is 0 Å². The maximum atomic E-state index is 2.24. The fourth-order valence-corrected chi connectivity index (χ4v) is 2.20. The van der Waals surface area contributed by atoms with Gasteiger partial charge in [0.1, 0.15) is 12.6 Å². The van der Waals surface area contributed by atoms with E-state index in [0.717, 1.165) is 0 Å². The number of benzene rings is 1. The van der Waals surface area contributed by atoms with Crippen LogP contribution < -0.4 is 21.5 Å². The average Bonchev–Trinajstić information content (AvgIpc) is 2.54. The molecule has 0 N–H and O–H groups in total. The van der Waals surface area contributed by atoms with Crippen LogP contribution in [-0.2, 0) is 14.1 Å². The third-order valence-corrected chi connectivity index (χ3v) is 3.00. The van der Waals surface area contributed by atoms with Gasteiger partial charge in [0, 0.05) is 29.4 Å². The van der Waals surface area contributed by atoms with E-state index in [-0.39, 0.29) is 17.0 Å². The molecule has 0 radical (unpaired) electrons. The lowest BCUT2D eigenvalue weighted by atomic mass is 10.2. The number of aromatic nitrogens is 2. The Balaban J connectivity index is 0.000000963. The molecule has 1 aromatic carbocycles. The highest BCUT2D eigenvalue weighted by atomic mass is 79.9. The van der Waals surface area contributed by atoms with Crippen molar-refractivity contribution in [1.29, 1.82) is 0 Å². The molecule has 3 heteroatoms. The largest absolute Gasteiger partial charge is 1.00 e. The Kier molecular flexibility index (Phi) is 2.72. The summed E-state index contributed by atoms with van der Waals surface area (Å²) in [5.74, 6) is 0. The van der Waals surface area contributed by atoms with Crippen molar-refractivity contribution in [3.8, 4) is 0 Å². The van der Waals surface area contributed by atoms with Crippen LogP contribution in [0.3, 0.4) is 0 Å². The van der Waals surface area contributed by atoms with Crippen LogP contribution in [0, 0.1) is 0 Å². The monoisotopic (exact) mass is 276 g/mol. The standard InChI is InChI=1S/C13H13N2.BrH/c1-14-8-7-11-10-5-3-4-6-12(10)15(2)13(11)9-14;/h3-9H,1-2H3;1H/q+1;/p-1. The van der Waals surface area contributed by atoms with Crippen molar-refractivity contribution in [2.24, 2.45) is 14.1 Å². The summed E-state index contributed by atoms with van der Waals surface area (Å²) in [6, 6.07) is 10.7. The van der Waals surface area contributed by atoms with Crippen molar-refractivity contribution >= 4 is 21.8 Å². The van der Waals surface area contributed by atoms with Gasteiger partial charge in [-0.2, -0.15) is 0 Å². The van der Waals surface area contributed by atoms with Crippen molar-refractivity contribution in [2.75, 3.05) is 0 Å². The van der Waals surface area contributed by atoms with Crippen LogP contribution in [0.15, 0.2) is 42.7 Å². The third kappa shape index (κ3) is 1.43. The zero-order valence-corrected chi connectivity index (χ0v) is 10.9. The summed E-state index contributed by atoms with van der Waals surface area (Å²) in [7, 11) is 4.17. The highest BCUT2D eigenvalue weighted by molar-refractivity contribution is 6.07. The lowest BCUT2D eigenvalue weighted by Gasteiger charge is -1.94. The Morgan fingerprint density at radius 2 is 1.69 bits per heavy atom. The van der Waals surface area contributed by atoms with Gasteiger partial charge in [-0.25, -0.2) is 4.57 Å². The van der Waals surface area contributed by atoms with Crippen molar-refractivity contribution < 1.29 is 21.5 Å². The molecule has 0 spiro atoms. The SMILES string of the molecule is Cn1c2ccccc2c2cc[n+](C)cc21.[Br-]. The molecular weight excluding hydrogens is 264 g/mol. The third-order valence-electron chi connectivity index (χ3n) is 3.00. The molecule has 0 saturated heterocycles. The Labute approximate surface area is 105 Å². The summed E-state index contributed by atoms with van der Waals surface area (Å²) in [6.45, 7) is 0. The van der Waals surface area contributed by atoms with Crippen molar-refractivity contribution in [3.05, 3.63) is 42.7 Å². The van der Waals surface area contributed by atoms with Gasteiger partial charge in [-0.1, -0.05) is 18.2 Å². The molecule has 0 amide bonds. The first-order valence-corrected chi connectivity index (χ1v) is 5.10. The van der Waals surface area contributed by atoms with E-state index in [4.69, 9.17) is 0 Å². The number of para-hydroxylation sites is 1. The number of hydrogen-bond acceptors (Lipinski definition) is 0. The fourth-order valence-electron chi connectivity index (χ4n) is 2.20. The van der Waals surface area contributed by atoms with E-state index in [1.807, 2.05) is 0 Å². The molecule has 0 aliphatic carbocycles. The minimum absolute atomic E-state index is 0. The molecule has 0 aliphatic heterocycles. The highest BCUT2D eigenvalue weighted by Crippen LogP contribution is 2.26. The Hall–Kier alpha value is -1.35. The predicted molar refractivity (Wildman–Crippen MR) is 61.6 cm³/mol. The van der Waals surface area contributed by atoms with E-state index < -0.39 is 0 Å². The molecule has 2 aromatic heterocycles. The molecule has 0 fully saturated rings. The van der Waals surface area contributed by atoms with Gasteiger partial charge < -0.3 is 21.5 Å². The smallest absolute Gasteiger partial charge is 0.193 e. The summed E-state index contributed by atoms with van der Waals surface area (Å²) in [5.41, 5.74) is 2.57. The molecule has 0 atom stereocenters. The Morgan fingerprint density at radius 1 is 1.00 bits per heavy atom. The van der Waals surface area contributed by atoms with Crippen LogP contribution in [0.2, 0.25) is 0 Å². The number of rotatable bonds is 0. The van der Waals surface area contributed by atoms with Crippen molar-refractivity contribution in [3.63, 3.8) is 0 Å². The Morgan fingerprint density at radius 3 is 2.50 bits per heavy atom. The lowest BCUT2D eigenvalue weighted by Crippen LogP contribution is -3.00. The van der Waals surface area contributed by atoms with E-state index >= 15 is 0 Å². The number of fused-ring (bicyclic) bond motifs is 3. The second kappa shape index (κ2) is 3.91. The molecule has 0 aliphatic rings. The molecule has 2 heterocycles. The van der Waals surface area contributed by atoms with E-state index in [0.29, 0.717) is 0 Å². The normalized spacial score (nSPS) is 10.6. The number of halogens is 1. The minimum Gasteiger partial charge on any atom is -1.00 e.